The van der Waals surface area contributed by atoms with Gasteiger partial charge in [0.05, 0.1) is 14.7 Å². The lowest BCUT2D eigenvalue weighted by Crippen LogP contribution is -2.55. The normalized spacial score (nSPS) is 26.9. The number of carbonyl (C=O) groups is 1. The molecule has 3 nitrogen and oxygen atoms in total. The van der Waals surface area contributed by atoms with Gasteiger partial charge >= 0.3 is 5.97 Å². The highest BCUT2D eigenvalue weighted by molar-refractivity contribution is 6.80. The van der Waals surface area contributed by atoms with Gasteiger partial charge in [0.2, 0.25) is 0 Å². The second kappa shape index (κ2) is 4.49. The monoisotopic (exact) mass is 241 g/mol. The van der Waals surface area contributed by atoms with Crippen molar-refractivity contribution >= 4 is 14.0 Å². The molecule has 0 radical (unpaired) electrons. The van der Waals surface area contributed by atoms with Gasteiger partial charge in [-0.05, 0) is 19.8 Å². The fourth-order valence-corrected chi connectivity index (χ4v) is 8.78. The van der Waals surface area contributed by atoms with Crippen LogP contribution in [0.3, 0.4) is 0 Å². The SMILES string of the molecule is CCOC(=O)C1(N)CC[Si]2(CCCC2)CC1. The summed E-state index contributed by atoms with van der Waals surface area (Å²) >= 11 is 0. The zero-order chi connectivity index (χ0) is 11.6. The minimum atomic E-state index is -0.965. The van der Waals surface area contributed by atoms with Gasteiger partial charge in [0, 0.05) is 0 Å². The number of hydrogen-bond acceptors (Lipinski definition) is 3. The maximum Gasteiger partial charge on any atom is 0.326 e. The van der Waals surface area contributed by atoms with Gasteiger partial charge in [0.15, 0.2) is 0 Å². The number of rotatable bonds is 2. The Morgan fingerprint density at radius 2 is 1.81 bits per heavy atom. The molecule has 16 heavy (non-hydrogen) atoms. The third-order valence-electron chi connectivity index (χ3n) is 4.55. The van der Waals surface area contributed by atoms with Gasteiger partial charge in [-0.1, -0.05) is 37.0 Å². The second-order valence-electron chi connectivity index (χ2n) is 5.58. The van der Waals surface area contributed by atoms with Crippen LogP contribution in [0.25, 0.3) is 0 Å². The van der Waals surface area contributed by atoms with Crippen molar-refractivity contribution in [2.45, 2.75) is 62.3 Å². The molecule has 2 rings (SSSR count). The van der Waals surface area contributed by atoms with Crippen LogP contribution in [0.1, 0.15) is 32.6 Å². The zero-order valence-electron chi connectivity index (χ0n) is 10.3. The van der Waals surface area contributed by atoms with Crippen LogP contribution in [0, 0.1) is 0 Å². The Morgan fingerprint density at radius 3 is 2.31 bits per heavy atom. The van der Waals surface area contributed by atoms with E-state index >= 15 is 0 Å². The summed E-state index contributed by atoms with van der Waals surface area (Å²) in [6.45, 7) is 2.29. The molecule has 1 spiro atoms. The van der Waals surface area contributed by atoms with Gasteiger partial charge in [-0.15, -0.1) is 0 Å². The van der Waals surface area contributed by atoms with Gasteiger partial charge in [-0.25, -0.2) is 0 Å². The highest BCUT2D eigenvalue weighted by Gasteiger charge is 2.47. The van der Waals surface area contributed by atoms with Gasteiger partial charge in [-0.2, -0.15) is 0 Å². The lowest BCUT2D eigenvalue weighted by atomic mass is 9.94. The summed E-state index contributed by atoms with van der Waals surface area (Å²) in [5.41, 5.74) is 5.53. The molecule has 4 heteroatoms. The first kappa shape index (κ1) is 12.1. The van der Waals surface area contributed by atoms with Crippen molar-refractivity contribution in [2.75, 3.05) is 6.61 Å². The fourth-order valence-electron chi connectivity index (χ4n) is 3.33. The average molecular weight is 241 g/mol. The van der Waals surface area contributed by atoms with E-state index in [1.165, 1.54) is 37.0 Å². The van der Waals surface area contributed by atoms with Gasteiger partial charge in [0.1, 0.15) is 5.54 Å². The van der Waals surface area contributed by atoms with Gasteiger partial charge < -0.3 is 10.5 Å². The molecule has 2 saturated heterocycles. The van der Waals surface area contributed by atoms with E-state index in [4.69, 9.17) is 10.5 Å². The summed E-state index contributed by atoms with van der Waals surface area (Å²) < 4.78 is 5.09. The number of nitrogens with two attached hydrogens (primary N) is 1. The molecule has 0 bridgehead atoms. The second-order valence-corrected chi connectivity index (χ2v) is 10.6. The first-order valence-electron chi connectivity index (χ1n) is 6.56. The molecule has 2 fully saturated rings. The highest BCUT2D eigenvalue weighted by Crippen LogP contribution is 2.44. The van der Waals surface area contributed by atoms with Crippen molar-refractivity contribution in [3.63, 3.8) is 0 Å². The van der Waals surface area contributed by atoms with E-state index in [2.05, 4.69) is 0 Å². The maximum atomic E-state index is 11.8. The Kier molecular flexibility index (Phi) is 3.40. The highest BCUT2D eigenvalue weighted by atomic mass is 28.3. The van der Waals surface area contributed by atoms with Crippen LogP contribution >= 0.6 is 0 Å². The summed E-state index contributed by atoms with van der Waals surface area (Å²) in [5, 5.41) is 0. The standard InChI is InChI=1S/C12H23NO2Si/c1-2-15-11(14)12(13)5-9-16(10-6-12)7-3-4-8-16/h2-10,13H2,1H3. The zero-order valence-corrected chi connectivity index (χ0v) is 11.3. The van der Waals surface area contributed by atoms with Crippen molar-refractivity contribution in [1.29, 1.82) is 0 Å². The van der Waals surface area contributed by atoms with Crippen molar-refractivity contribution < 1.29 is 9.53 Å². The number of esters is 1. The Labute approximate surface area is 98.7 Å². The average Bonchev–Trinajstić information content (AvgIpc) is 2.73. The summed E-state index contributed by atoms with van der Waals surface area (Å²) in [5.74, 6) is -0.170. The molecule has 2 heterocycles. The molecule has 92 valence electrons. The maximum absolute atomic E-state index is 11.8. The molecule has 0 aromatic carbocycles. The Hall–Kier alpha value is -0.353. The van der Waals surface area contributed by atoms with Crippen molar-refractivity contribution in [3.05, 3.63) is 0 Å². The van der Waals surface area contributed by atoms with Crippen LogP contribution in [0.2, 0.25) is 24.2 Å². The minimum Gasteiger partial charge on any atom is -0.465 e. The molecule has 2 aliphatic rings. The van der Waals surface area contributed by atoms with Crippen molar-refractivity contribution in [1.82, 2.24) is 0 Å². The molecule has 0 saturated carbocycles. The van der Waals surface area contributed by atoms with E-state index in [0.29, 0.717) is 6.61 Å². The largest absolute Gasteiger partial charge is 0.465 e. The van der Waals surface area contributed by atoms with Crippen LogP contribution < -0.4 is 5.73 Å². The van der Waals surface area contributed by atoms with Gasteiger partial charge in [0.25, 0.3) is 0 Å². The summed E-state index contributed by atoms with van der Waals surface area (Å²) in [4.78, 5) is 11.8. The number of carbonyl (C=O) groups excluding carboxylic acids is 1. The van der Waals surface area contributed by atoms with Crippen LogP contribution in [0.5, 0.6) is 0 Å². The third-order valence-corrected chi connectivity index (χ3v) is 10.00. The Morgan fingerprint density at radius 1 is 1.25 bits per heavy atom. The third kappa shape index (κ3) is 2.18. The molecule has 0 atom stereocenters. The predicted octanol–water partition coefficient (Wildman–Crippen LogP) is 2.28. The molecule has 2 aliphatic heterocycles. The molecular weight excluding hydrogens is 218 g/mol. The Bertz CT molecular complexity index is 264. The van der Waals surface area contributed by atoms with E-state index in [1.54, 1.807) is 0 Å². The molecular formula is C12H23NO2Si. The van der Waals surface area contributed by atoms with Gasteiger partial charge in [-0.3, -0.25) is 4.79 Å². The van der Waals surface area contributed by atoms with Crippen LogP contribution in [-0.2, 0) is 9.53 Å². The molecule has 0 amide bonds. The van der Waals surface area contributed by atoms with E-state index in [0.717, 1.165) is 12.8 Å². The minimum absolute atomic E-state index is 0.170. The molecule has 0 aliphatic carbocycles. The topological polar surface area (TPSA) is 52.3 Å². The van der Waals surface area contributed by atoms with Crippen LogP contribution in [0.15, 0.2) is 0 Å². The number of ether oxygens (including phenoxy) is 1. The Balaban J connectivity index is 1.95. The first-order valence-corrected chi connectivity index (χ1v) is 9.39. The predicted molar refractivity (Wildman–Crippen MR) is 67.0 cm³/mol. The van der Waals surface area contributed by atoms with Crippen LogP contribution in [0.4, 0.5) is 0 Å². The molecule has 0 aromatic rings. The van der Waals surface area contributed by atoms with Crippen molar-refractivity contribution in [2.24, 2.45) is 5.73 Å². The van der Waals surface area contributed by atoms with Crippen LogP contribution in [-0.4, -0.2) is 26.2 Å². The molecule has 2 N–H and O–H groups in total. The fraction of sp³-hybridized carbons (Fsp3) is 0.917. The van der Waals surface area contributed by atoms with E-state index < -0.39 is 13.6 Å². The molecule has 0 aromatic heterocycles. The lowest BCUT2D eigenvalue weighted by molar-refractivity contribution is -0.150. The number of hydrogen-bond donors (Lipinski definition) is 1. The smallest absolute Gasteiger partial charge is 0.326 e. The van der Waals surface area contributed by atoms with Crippen molar-refractivity contribution in [3.8, 4) is 0 Å². The summed E-state index contributed by atoms with van der Waals surface area (Å²) in [7, 11) is -0.965. The lowest BCUT2D eigenvalue weighted by Gasteiger charge is -2.40. The quantitative estimate of drug-likeness (QED) is 0.596. The first-order chi connectivity index (χ1) is 7.60. The summed E-state index contributed by atoms with van der Waals surface area (Å²) in [6, 6.07) is 5.46. The van der Waals surface area contributed by atoms with E-state index in [1.807, 2.05) is 6.92 Å². The van der Waals surface area contributed by atoms with E-state index in [9.17, 15) is 4.79 Å². The molecule has 0 unspecified atom stereocenters. The summed E-state index contributed by atoms with van der Waals surface area (Å²) in [6.07, 6.45) is 4.59. The van der Waals surface area contributed by atoms with E-state index in [-0.39, 0.29) is 5.97 Å².